The average Bonchev–Trinajstić information content (AvgIpc) is 2.51. The number of rotatable bonds is 5. The average molecular weight is 289 g/mol. The number of nitrogens with zero attached hydrogens (tertiary/aromatic N) is 2. The topological polar surface area (TPSA) is 32.5 Å². The zero-order valence-corrected chi connectivity index (χ0v) is 14.1. The minimum absolute atomic E-state index is 0.336. The molecule has 0 amide bonds. The molecule has 0 bridgehead atoms. The summed E-state index contributed by atoms with van der Waals surface area (Å²) in [4.78, 5) is 5.06. The predicted molar refractivity (Wildman–Crippen MR) is 90.6 cm³/mol. The number of hydrogen-bond acceptors (Lipinski definition) is 3. The van der Waals surface area contributed by atoms with E-state index in [1.807, 2.05) is 0 Å². The fourth-order valence-electron chi connectivity index (χ4n) is 3.53. The zero-order chi connectivity index (χ0) is 15.4. The Morgan fingerprint density at radius 2 is 1.95 bits per heavy atom. The van der Waals surface area contributed by atoms with E-state index >= 15 is 0 Å². The van der Waals surface area contributed by atoms with Crippen LogP contribution >= 0.6 is 0 Å². The summed E-state index contributed by atoms with van der Waals surface area (Å²) in [5.74, 6) is 0. The standard InChI is InChI=1S/C18H31N3/c1-5-21-10-8-16(9-11-21)20(4)18(13-19)17-12-14(2)6-7-15(17)3/h6-7,12,16,18H,5,8-11,13,19H2,1-4H3. The lowest BCUT2D eigenvalue weighted by Crippen LogP contribution is -2.46. The van der Waals surface area contributed by atoms with Crippen LogP contribution in [-0.2, 0) is 0 Å². The first-order chi connectivity index (χ1) is 10.1. The van der Waals surface area contributed by atoms with Crippen LogP contribution in [0, 0.1) is 13.8 Å². The minimum atomic E-state index is 0.336. The fourth-order valence-corrected chi connectivity index (χ4v) is 3.53. The van der Waals surface area contributed by atoms with Gasteiger partial charge in [-0.1, -0.05) is 30.7 Å². The molecule has 118 valence electrons. The molecule has 1 heterocycles. The van der Waals surface area contributed by atoms with Crippen LogP contribution in [0.2, 0.25) is 0 Å². The molecule has 0 radical (unpaired) electrons. The van der Waals surface area contributed by atoms with Crippen molar-refractivity contribution in [2.75, 3.05) is 33.2 Å². The van der Waals surface area contributed by atoms with E-state index in [2.05, 4.69) is 55.8 Å². The monoisotopic (exact) mass is 289 g/mol. The number of likely N-dealkylation sites (N-methyl/N-ethyl adjacent to an activating group) is 1. The van der Waals surface area contributed by atoms with Crippen LogP contribution in [0.25, 0.3) is 0 Å². The van der Waals surface area contributed by atoms with Crippen molar-refractivity contribution >= 4 is 0 Å². The van der Waals surface area contributed by atoms with Crippen LogP contribution in [0.1, 0.15) is 42.5 Å². The van der Waals surface area contributed by atoms with Crippen molar-refractivity contribution in [3.63, 3.8) is 0 Å². The van der Waals surface area contributed by atoms with Crippen molar-refractivity contribution < 1.29 is 0 Å². The number of likely N-dealkylation sites (tertiary alicyclic amines) is 1. The Kier molecular flexibility index (Phi) is 5.80. The quantitative estimate of drug-likeness (QED) is 0.904. The Hall–Kier alpha value is -0.900. The first-order valence-electron chi connectivity index (χ1n) is 8.28. The second kappa shape index (κ2) is 7.39. The summed E-state index contributed by atoms with van der Waals surface area (Å²) in [7, 11) is 2.26. The SMILES string of the molecule is CCN1CCC(N(C)C(CN)c2cc(C)ccc2C)CC1. The summed E-state index contributed by atoms with van der Waals surface area (Å²) in [5.41, 5.74) is 10.2. The molecular formula is C18H31N3. The van der Waals surface area contributed by atoms with E-state index in [9.17, 15) is 0 Å². The second-order valence-corrected chi connectivity index (χ2v) is 6.44. The van der Waals surface area contributed by atoms with E-state index in [1.54, 1.807) is 0 Å². The van der Waals surface area contributed by atoms with Gasteiger partial charge in [-0.3, -0.25) is 4.90 Å². The van der Waals surface area contributed by atoms with Crippen LogP contribution in [0.5, 0.6) is 0 Å². The molecule has 21 heavy (non-hydrogen) atoms. The van der Waals surface area contributed by atoms with Gasteiger partial charge in [-0.25, -0.2) is 0 Å². The van der Waals surface area contributed by atoms with Crippen molar-refractivity contribution in [1.82, 2.24) is 9.80 Å². The minimum Gasteiger partial charge on any atom is -0.329 e. The first kappa shape index (κ1) is 16.5. The van der Waals surface area contributed by atoms with Crippen molar-refractivity contribution in [3.05, 3.63) is 34.9 Å². The number of piperidine rings is 1. The molecule has 0 saturated carbocycles. The van der Waals surface area contributed by atoms with Gasteiger partial charge in [0.05, 0.1) is 0 Å². The van der Waals surface area contributed by atoms with Crippen LogP contribution in [0.15, 0.2) is 18.2 Å². The highest BCUT2D eigenvalue weighted by Crippen LogP contribution is 2.28. The van der Waals surface area contributed by atoms with E-state index < -0.39 is 0 Å². The predicted octanol–water partition coefficient (Wildman–Crippen LogP) is 2.72. The van der Waals surface area contributed by atoms with E-state index in [1.165, 1.54) is 49.2 Å². The summed E-state index contributed by atoms with van der Waals surface area (Å²) in [6.45, 7) is 10.9. The number of benzene rings is 1. The lowest BCUT2D eigenvalue weighted by Gasteiger charge is -2.40. The van der Waals surface area contributed by atoms with E-state index in [0.29, 0.717) is 18.6 Å². The van der Waals surface area contributed by atoms with Gasteiger partial charge in [-0.15, -0.1) is 0 Å². The van der Waals surface area contributed by atoms with Gasteiger partial charge in [0.15, 0.2) is 0 Å². The molecule has 3 nitrogen and oxygen atoms in total. The Morgan fingerprint density at radius 3 is 2.52 bits per heavy atom. The van der Waals surface area contributed by atoms with Gasteiger partial charge in [0.2, 0.25) is 0 Å². The Balaban J connectivity index is 2.11. The molecule has 2 rings (SSSR count). The summed E-state index contributed by atoms with van der Waals surface area (Å²) in [5, 5.41) is 0. The molecule has 1 aliphatic heterocycles. The van der Waals surface area contributed by atoms with Gasteiger partial charge in [0.1, 0.15) is 0 Å². The highest BCUT2D eigenvalue weighted by molar-refractivity contribution is 5.33. The molecule has 0 aromatic heterocycles. The molecule has 2 N–H and O–H groups in total. The van der Waals surface area contributed by atoms with Crippen LogP contribution in [-0.4, -0.2) is 49.1 Å². The van der Waals surface area contributed by atoms with Crippen LogP contribution in [0.4, 0.5) is 0 Å². The molecule has 1 unspecified atom stereocenters. The molecule has 1 aliphatic rings. The third-order valence-electron chi connectivity index (χ3n) is 5.09. The third kappa shape index (κ3) is 3.85. The number of nitrogens with two attached hydrogens (primary N) is 1. The Labute approximate surface area is 130 Å². The first-order valence-corrected chi connectivity index (χ1v) is 8.28. The molecule has 0 spiro atoms. The van der Waals surface area contributed by atoms with Gasteiger partial charge < -0.3 is 10.6 Å². The lowest BCUT2D eigenvalue weighted by atomic mass is 9.94. The summed E-state index contributed by atoms with van der Waals surface area (Å²) in [6.07, 6.45) is 2.51. The maximum Gasteiger partial charge on any atom is 0.0473 e. The fraction of sp³-hybridized carbons (Fsp3) is 0.667. The highest BCUT2D eigenvalue weighted by Gasteiger charge is 2.27. The van der Waals surface area contributed by atoms with Crippen molar-refractivity contribution in [2.45, 2.75) is 45.7 Å². The van der Waals surface area contributed by atoms with Crippen molar-refractivity contribution in [1.29, 1.82) is 0 Å². The van der Waals surface area contributed by atoms with Gasteiger partial charge in [-0.2, -0.15) is 0 Å². The van der Waals surface area contributed by atoms with E-state index in [-0.39, 0.29) is 0 Å². The molecule has 1 aromatic rings. The molecule has 1 aromatic carbocycles. The normalized spacial score (nSPS) is 19.1. The van der Waals surface area contributed by atoms with E-state index in [0.717, 1.165) is 0 Å². The maximum atomic E-state index is 6.13. The number of hydrogen-bond donors (Lipinski definition) is 1. The van der Waals surface area contributed by atoms with Crippen LogP contribution in [0.3, 0.4) is 0 Å². The third-order valence-corrected chi connectivity index (χ3v) is 5.09. The lowest BCUT2D eigenvalue weighted by molar-refractivity contribution is 0.101. The Morgan fingerprint density at radius 1 is 1.29 bits per heavy atom. The van der Waals surface area contributed by atoms with Crippen LogP contribution < -0.4 is 5.73 Å². The summed E-state index contributed by atoms with van der Waals surface area (Å²) in [6, 6.07) is 7.71. The van der Waals surface area contributed by atoms with Crippen molar-refractivity contribution in [2.24, 2.45) is 5.73 Å². The summed E-state index contributed by atoms with van der Waals surface area (Å²) < 4.78 is 0. The van der Waals surface area contributed by atoms with Gasteiger partial charge >= 0.3 is 0 Å². The molecule has 1 saturated heterocycles. The maximum absolute atomic E-state index is 6.13. The number of aryl methyl sites for hydroxylation is 2. The van der Waals surface area contributed by atoms with Gasteiger partial charge in [0, 0.05) is 18.6 Å². The Bertz CT molecular complexity index is 450. The van der Waals surface area contributed by atoms with Crippen molar-refractivity contribution in [3.8, 4) is 0 Å². The van der Waals surface area contributed by atoms with Gasteiger partial charge in [0.25, 0.3) is 0 Å². The van der Waals surface area contributed by atoms with E-state index in [4.69, 9.17) is 5.73 Å². The zero-order valence-electron chi connectivity index (χ0n) is 14.1. The molecule has 3 heteroatoms. The molecular weight excluding hydrogens is 258 g/mol. The van der Waals surface area contributed by atoms with Gasteiger partial charge in [-0.05, 0) is 64.5 Å². The second-order valence-electron chi connectivity index (χ2n) is 6.44. The largest absolute Gasteiger partial charge is 0.329 e. The molecule has 1 atom stereocenters. The highest BCUT2D eigenvalue weighted by atomic mass is 15.2. The summed E-state index contributed by atoms with van der Waals surface area (Å²) >= 11 is 0. The molecule has 1 fully saturated rings. The molecule has 0 aliphatic carbocycles. The smallest absolute Gasteiger partial charge is 0.0473 e.